The van der Waals surface area contributed by atoms with Crippen molar-refractivity contribution in [2.45, 2.75) is 18.9 Å². The standard InChI is InChI=1S/C17H15FO3/c18-12-6-4-11(5-7-12)16(20)10-21-17-3-1-2-13-14(17)8-9-15(13)19/h1-7,16,20H,8-10H2/t16-/m0/s1. The van der Waals surface area contributed by atoms with Crippen LogP contribution in [0, 0.1) is 5.82 Å². The second-order valence-corrected chi connectivity index (χ2v) is 5.08. The van der Waals surface area contributed by atoms with E-state index in [-0.39, 0.29) is 18.2 Å². The molecule has 0 radical (unpaired) electrons. The van der Waals surface area contributed by atoms with Crippen molar-refractivity contribution < 1.29 is 19.0 Å². The number of ether oxygens (including phenoxy) is 1. The van der Waals surface area contributed by atoms with E-state index in [1.165, 1.54) is 24.3 Å². The lowest BCUT2D eigenvalue weighted by Crippen LogP contribution is -2.10. The predicted molar refractivity (Wildman–Crippen MR) is 75.9 cm³/mol. The van der Waals surface area contributed by atoms with Crippen molar-refractivity contribution in [1.29, 1.82) is 0 Å². The van der Waals surface area contributed by atoms with E-state index in [0.717, 1.165) is 5.56 Å². The van der Waals surface area contributed by atoms with Gasteiger partial charge in [0.1, 0.15) is 24.3 Å². The van der Waals surface area contributed by atoms with E-state index in [9.17, 15) is 14.3 Å². The van der Waals surface area contributed by atoms with Crippen LogP contribution in [0.1, 0.15) is 34.0 Å². The van der Waals surface area contributed by atoms with Gasteiger partial charge in [0.25, 0.3) is 0 Å². The molecule has 0 heterocycles. The topological polar surface area (TPSA) is 46.5 Å². The molecule has 4 heteroatoms. The first-order valence-corrected chi connectivity index (χ1v) is 6.86. The fourth-order valence-electron chi connectivity index (χ4n) is 2.54. The van der Waals surface area contributed by atoms with Gasteiger partial charge in [-0.15, -0.1) is 0 Å². The maximum atomic E-state index is 12.8. The Labute approximate surface area is 122 Å². The molecule has 3 nitrogen and oxygen atoms in total. The lowest BCUT2D eigenvalue weighted by molar-refractivity contribution is 0.0994. The number of carbonyl (C=O) groups excluding carboxylic acids is 1. The summed E-state index contributed by atoms with van der Waals surface area (Å²) in [6.45, 7) is 0.0658. The van der Waals surface area contributed by atoms with Crippen LogP contribution >= 0.6 is 0 Å². The maximum Gasteiger partial charge on any atom is 0.163 e. The number of Topliss-reactive ketones (excluding diaryl/α,β-unsaturated/α-hetero) is 1. The van der Waals surface area contributed by atoms with Gasteiger partial charge in [0.15, 0.2) is 5.78 Å². The van der Waals surface area contributed by atoms with E-state index >= 15 is 0 Å². The fourth-order valence-corrected chi connectivity index (χ4v) is 2.54. The average molecular weight is 286 g/mol. The third-order valence-corrected chi connectivity index (χ3v) is 3.69. The number of hydrogen-bond acceptors (Lipinski definition) is 3. The Balaban J connectivity index is 1.71. The molecule has 0 bridgehead atoms. The van der Waals surface area contributed by atoms with Gasteiger partial charge in [-0.2, -0.15) is 0 Å². The highest BCUT2D eigenvalue weighted by Crippen LogP contribution is 2.31. The molecule has 0 spiro atoms. The van der Waals surface area contributed by atoms with Crippen molar-refractivity contribution in [3.8, 4) is 5.75 Å². The highest BCUT2D eigenvalue weighted by molar-refractivity contribution is 6.01. The zero-order valence-corrected chi connectivity index (χ0v) is 11.4. The Morgan fingerprint density at radius 1 is 1.14 bits per heavy atom. The van der Waals surface area contributed by atoms with Gasteiger partial charge in [-0.05, 0) is 30.2 Å². The third-order valence-electron chi connectivity index (χ3n) is 3.69. The normalized spacial score (nSPS) is 14.9. The average Bonchev–Trinajstić information content (AvgIpc) is 2.88. The molecule has 1 N–H and O–H groups in total. The minimum Gasteiger partial charge on any atom is -0.490 e. The van der Waals surface area contributed by atoms with Gasteiger partial charge in [0.2, 0.25) is 0 Å². The summed E-state index contributed by atoms with van der Waals surface area (Å²) in [5, 5.41) is 10.1. The maximum absolute atomic E-state index is 12.8. The van der Waals surface area contributed by atoms with Gasteiger partial charge < -0.3 is 9.84 Å². The van der Waals surface area contributed by atoms with Gasteiger partial charge in [0.05, 0.1) is 0 Å². The number of fused-ring (bicyclic) bond motifs is 1. The number of aliphatic hydroxyl groups excluding tert-OH is 1. The van der Waals surface area contributed by atoms with Crippen molar-refractivity contribution in [2.24, 2.45) is 0 Å². The van der Waals surface area contributed by atoms with E-state index < -0.39 is 6.10 Å². The highest BCUT2D eigenvalue weighted by atomic mass is 19.1. The number of aliphatic hydroxyl groups is 1. The number of ketones is 1. The first kappa shape index (κ1) is 13.8. The third kappa shape index (κ3) is 2.81. The first-order valence-electron chi connectivity index (χ1n) is 6.86. The van der Waals surface area contributed by atoms with Crippen LogP contribution in [0.15, 0.2) is 42.5 Å². The predicted octanol–water partition coefficient (Wildman–Crippen LogP) is 3.07. The molecule has 21 heavy (non-hydrogen) atoms. The summed E-state index contributed by atoms with van der Waals surface area (Å²) in [5.74, 6) is 0.431. The molecule has 108 valence electrons. The molecule has 0 saturated carbocycles. The molecule has 0 fully saturated rings. The Morgan fingerprint density at radius 3 is 2.67 bits per heavy atom. The molecule has 0 saturated heterocycles. The van der Waals surface area contributed by atoms with Crippen LogP contribution in [0.3, 0.4) is 0 Å². The number of halogens is 1. The second-order valence-electron chi connectivity index (χ2n) is 5.08. The smallest absolute Gasteiger partial charge is 0.163 e. The Kier molecular flexibility index (Phi) is 3.71. The van der Waals surface area contributed by atoms with Crippen LogP contribution in [0.25, 0.3) is 0 Å². The first-order chi connectivity index (χ1) is 10.1. The van der Waals surface area contributed by atoms with Crippen molar-refractivity contribution in [1.82, 2.24) is 0 Å². The van der Waals surface area contributed by atoms with E-state index in [4.69, 9.17) is 4.74 Å². The van der Waals surface area contributed by atoms with E-state index in [1.807, 2.05) is 0 Å². The summed E-state index contributed by atoms with van der Waals surface area (Å²) in [5.41, 5.74) is 2.22. The Morgan fingerprint density at radius 2 is 1.90 bits per heavy atom. The highest BCUT2D eigenvalue weighted by Gasteiger charge is 2.23. The van der Waals surface area contributed by atoms with Crippen LogP contribution in [-0.2, 0) is 6.42 Å². The van der Waals surface area contributed by atoms with Crippen LogP contribution in [0.4, 0.5) is 4.39 Å². The molecule has 3 rings (SSSR count). The molecule has 0 unspecified atom stereocenters. The largest absolute Gasteiger partial charge is 0.490 e. The molecule has 2 aromatic rings. The fraction of sp³-hybridized carbons (Fsp3) is 0.235. The van der Waals surface area contributed by atoms with Gasteiger partial charge in [-0.1, -0.05) is 24.3 Å². The van der Waals surface area contributed by atoms with Crippen molar-refractivity contribution in [3.05, 3.63) is 65.0 Å². The Bertz CT molecular complexity index is 664. The zero-order valence-electron chi connectivity index (χ0n) is 11.4. The van der Waals surface area contributed by atoms with Crippen LogP contribution in [0.5, 0.6) is 5.75 Å². The minimum absolute atomic E-state index is 0.0658. The number of rotatable bonds is 4. The molecule has 1 atom stereocenters. The van der Waals surface area contributed by atoms with Crippen molar-refractivity contribution in [2.75, 3.05) is 6.61 Å². The molecule has 0 aromatic heterocycles. The quantitative estimate of drug-likeness (QED) is 0.939. The van der Waals surface area contributed by atoms with Crippen LogP contribution in [0.2, 0.25) is 0 Å². The van der Waals surface area contributed by atoms with E-state index in [0.29, 0.717) is 29.7 Å². The molecule has 1 aliphatic rings. The van der Waals surface area contributed by atoms with Crippen LogP contribution < -0.4 is 4.74 Å². The van der Waals surface area contributed by atoms with Crippen LogP contribution in [-0.4, -0.2) is 17.5 Å². The lowest BCUT2D eigenvalue weighted by Gasteiger charge is -2.14. The van der Waals surface area contributed by atoms with Crippen molar-refractivity contribution >= 4 is 5.78 Å². The van der Waals surface area contributed by atoms with Gasteiger partial charge in [-0.3, -0.25) is 4.79 Å². The van der Waals surface area contributed by atoms with Gasteiger partial charge >= 0.3 is 0 Å². The monoisotopic (exact) mass is 286 g/mol. The van der Waals surface area contributed by atoms with Gasteiger partial charge in [-0.25, -0.2) is 4.39 Å². The molecular weight excluding hydrogens is 271 g/mol. The van der Waals surface area contributed by atoms with E-state index in [2.05, 4.69) is 0 Å². The second kappa shape index (κ2) is 5.66. The molecule has 0 amide bonds. The minimum atomic E-state index is -0.835. The zero-order chi connectivity index (χ0) is 14.8. The molecule has 2 aromatic carbocycles. The lowest BCUT2D eigenvalue weighted by atomic mass is 10.1. The molecular formula is C17H15FO3. The number of hydrogen-bond donors (Lipinski definition) is 1. The van der Waals surface area contributed by atoms with Crippen molar-refractivity contribution in [3.63, 3.8) is 0 Å². The molecule has 0 aliphatic heterocycles. The number of carbonyl (C=O) groups is 1. The summed E-state index contributed by atoms with van der Waals surface area (Å²) >= 11 is 0. The van der Waals surface area contributed by atoms with Gasteiger partial charge in [0, 0.05) is 17.5 Å². The summed E-state index contributed by atoms with van der Waals surface area (Å²) in [7, 11) is 0. The summed E-state index contributed by atoms with van der Waals surface area (Å²) in [6.07, 6.45) is 0.353. The van der Waals surface area contributed by atoms with E-state index in [1.54, 1.807) is 18.2 Å². The number of benzene rings is 2. The summed E-state index contributed by atoms with van der Waals surface area (Å²) in [6, 6.07) is 11.0. The SMILES string of the molecule is O=C1CCc2c(OC[C@H](O)c3ccc(F)cc3)cccc21. The Hall–Kier alpha value is -2.20. The molecule has 1 aliphatic carbocycles. The summed E-state index contributed by atoms with van der Waals surface area (Å²) < 4.78 is 18.5. The summed E-state index contributed by atoms with van der Waals surface area (Å²) in [4.78, 5) is 11.7.